The first-order valence-corrected chi connectivity index (χ1v) is 6.43. The van der Waals surface area contributed by atoms with Gasteiger partial charge in [-0.15, -0.1) is 11.3 Å². The molecule has 0 saturated carbocycles. The molecule has 0 aliphatic carbocycles. The largest absolute Gasteiger partial charge is 0.417 e. The molecule has 0 bridgehead atoms. The number of thiophene rings is 1. The number of rotatable bonds is 4. The Morgan fingerprint density at radius 1 is 1.35 bits per heavy atom. The topological polar surface area (TPSA) is 54.0 Å². The van der Waals surface area contributed by atoms with Gasteiger partial charge in [0.1, 0.15) is 0 Å². The van der Waals surface area contributed by atoms with Gasteiger partial charge in [0.2, 0.25) is 0 Å². The zero-order valence-electron chi connectivity index (χ0n) is 10.1. The second-order valence-electron chi connectivity index (χ2n) is 3.81. The molecule has 106 valence electrons. The number of carbonyl (C=O) groups is 1. The van der Waals surface area contributed by atoms with E-state index in [1.165, 1.54) is 11.3 Å². The molecule has 2 N–H and O–H groups in total. The van der Waals surface area contributed by atoms with Gasteiger partial charge in [-0.2, -0.15) is 13.2 Å². The van der Waals surface area contributed by atoms with E-state index in [0.29, 0.717) is 6.54 Å². The maximum absolute atomic E-state index is 12.7. The van der Waals surface area contributed by atoms with Gasteiger partial charge < -0.3 is 0 Å². The van der Waals surface area contributed by atoms with Gasteiger partial charge in [0.15, 0.2) is 0 Å². The maximum Gasteiger partial charge on any atom is 0.417 e. The average Bonchev–Trinajstić information content (AvgIpc) is 2.91. The molecule has 1 amide bonds. The van der Waals surface area contributed by atoms with Gasteiger partial charge in [-0.25, -0.2) is 5.43 Å². The molecule has 2 rings (SSSR count). The molecule has 20 heavy (non-hydrogen) atoms. The number of hydrazine groups is 1. The first-order valence-electron chi connectivity index (χ1n) is 5.55. The number of carbonyl (C=O) groups excluding carboxylic acids is 1. The summed E-state index contributed by atoms with van der Waals surface area (Å²) in [5.41, 5.74) is 3.28. The Balaban J connectivity index is 2.02. The fourth-order valence-corrected chi connectivity index (χ4v) is 2.16. The Kier molecular flexibility index (Phi) is 4.35. The molecular formula is C12H10F3N3OS. The number of alkyl halides is 3. The fraction of sp³-hybridized carbons (Fsp3) is 0.167. The smallest absolute Gasteiger partial charge is 0.287 e. The molecule has 4 nitrogen and oxygen atoms in total. The van der Waals surface area contributed by atoms with Crippen molar-refractivity contribution in [1.29, 1.82) is 0 Å². The van der Waals surface area contributed by atoms with E-state index in [2.05, 4.69) is 15.8 Å². The Labute approximate surface area is 116 Å². The van der Waals surface area contributed by atoms with Crippen molar-refractivity contribution >= 4 is 17.2 Å². The predicted octanol–water partition coefficient (Wildman–Crippen LogP) is 2.60. The highest BCUT2D eigenvalue weighted by Gasteiger charge is 2.35. The zero-order valence-corrected chi connectivity index (χ0v) is 10.9. The number of nitrogens with zero attached hydrogens (tertiary/aromatic N) is 1. The summed E-state index contributed by atoms with van der Waals surface area (Å²) in [6, 6.07) is 4.45. The highest BCUT2D eigenvalue weighted by molar-refractivity contribution is 7.09. The van der Waals surface area contributed by atoms with E-state index in [1.807, 2.05) is 17.5 Å². The Morgan fingerprint density at radius 2 is 2.15 bits per heavy atom. The SMILES string of the molecule is O=C(NNCc1cccs1)c1cnccc1C(F)(F)F. The van der Waals surface area contributed by atoms with Gasteiger partial charge in [-0.3, -0.25) is 15.2 Å². The van der Waals surface area contributed by atoms with E-state index in [-0.39, 0.29) is 0 Å². The van der Waals surface area contributed by atoms with E-state index >= 15 is 0 Å². The van der Waals surface area contributed by atoms with Crippen LogP contribution in [-0.2, 0) is 12.7 Å². The van der Waals surface area contributed by atoms with Gasteiger partial charge >= 0.3 is 6.18 Å². The van der Waals surface area contributed by atoms with E-state index in [1.54, 1.807) is 0 Å². The summed E-state index contributed by atoms with van der Waals surface area (Å²) in [6.45, 7) is 0.338. The highest BCUT2D eigenvalue weighted by atomic mass is 32.1. The molecule has 0 unspecified atom stereocenters. The van der Waals surface area contributed by atoms with Crippen molar-refractivity contribution in [2.24, 2.45) is 0 Å². The molecule has 2 aromatic heterocycles. The van der Waals surface area contributed by atoms with Crippen LogP contribution in [0, 0.1) is 0 Å². The average molecular weight is 301 g/mol. The van der Waals surface area contributed by atoms with Gasteiger partial charge in [-0.1, -0.05) is 6.07 Å². The maximum atomic E-state index is 12.7. The molecular weight excluding hydrogens is 291 g/mol. The second-order valence-corrected chi connectivity index (χ2v) is 4.84. The lowest BCUT2D eigenvalue weighted by molar-refractivity contribution is -0.138. The van der Waals surface area contributed by atoms with Crippen molar-refractivity contribution in [1.82, 2.24) is 15.8 Å². The minimum absolute atomic E-state index is 0.338. The summed E-state index contributed by atoms with van der Waals surface area (Å²) in [6.07, 6.45) is -2.70. The molecule has 0 radical (unpaired) electrons. The van der Waals surface area contributed by atoms with Crippen LogP contribution in [0.3, 0.4) is 0 Å². The van der Waals surface area contributed by atoms with Gasteiger partial charge in [0.05, 0.1) is 11.1 Å². The van der Waals surface area contributed by atoms with Crippen molar-refractivity contribution in [2.45, 2.75) is 12.7 Å². The number of amides is 1. The second kappa shape index (κ2) is 6.02. The number of hydrogen-bond donors (Lipinski definition) is 2. The molecule has 2 heterocycles. The van der Waals surface area contributed by atoms with Crippen molar-refractivity contribution < 1.29 is 18.0 Å². The predicted molar refractivity (Wildman–Crippen MR) is 67.9 cm³/mol. The van der Waals surface area contributed by atoms with E-state index in [9.17, 15) is 18.0 Å². The minimum Gasteiger partial charge on any atom is -0.287 e. The summed E-state index contributed by atoms with van der Waals surface area (Å²) in [5, 5.41) is 1.86. The van der Waals surface area contributed by atoms with Crippen LogP contribution in [0.4, 0.5) is 13.2 Å². The van der Waals surface area contributed by atoms with Crippen LogP contribution in [0.5, 0.6) is 0 Å². The Bertz CT molecular complexity index is 584. The fourth-order valence-electron chi connectivity index (χ4n) is 1.51. The minimum atomic E-state index is -4.59. The Morgan fingerprint density at radius 3 is 2.80 bits per heavy atom. The van der Waals surface area contributed by atoms with Crippen LogP contribution in [0.15, 0.2) is 36.0 Å². The summed E-state index contributed by atoms with van der Waals surface area (Å²) in [5.74, 6) is -0.873. The van der Waals surface area contributed by atoms with E-state index < -0.39 is 23.2 Å². The lowest BCUT2D eigenvalue weighted by atomic mass is 10.1. The van der Waals surface area contributed by atoms with Crippen molar-refractivity contribution in [3.05, 3.63) is 52.0 Å². The normalized spacial score (nSPS) is 11.3. The van der Waals surface area contributed by atoms with Crippen LogP contribution >= 0.6 is 11.3 Å². The third-order valence-corrected chi connectivity index (χ3v) is 3.29. The molecule has 0 aliphatic rings. The number of hydrogen-bond acceptors (Lipinski definition) is 4. The molecule has 0 fully saturated rings. The lowest BCUT2D eigenvalue weighted by Crippen LogP contribution is -2.37. The highest BCUT2D eigenvalue weighted by Crippen LogP contribution is 2.31. The third kappa shape index (κ3) is 3.55. The number of nitrogens with one attached hydrogen (secondary N) is 2. The van der Waals surface area contributed by atoms with E-state index in [0.717, 1.165) is 23.3 Å². The van der Waals surface area contributed by atoms with Gasteiger partial charge in [-0.05, 0) is 17.5 Å². The van der Waals surface area contributed by atoms with Gasteiger partial charge in [0.25, 0.3) is 5.91 Å². The molecule has 0 atom stereocenters. The molecule has 0 saturated heterocycles. The molecule has 8 heteroatoms. The van der Waals surface area contributed by atoms with Crippen molar-refractivity contribution in [2.75, 3.05) is 0 Å². The molecule has 0 spiro atoms. The van der Waals surface area contributed by atoms with Gasteiger partial charge in [0, 0.05) is 23.8 Å². The first-order chi connectivity index (χ1) is 9.48. The van der Waals surface area contributed by atoms with Crippen LogP contribution in [0.25, 0.3) is 0 Å². The molecule has 0 aliphatic heterocycles. The van der Waals surface area contributed by atoms with E-state index in [4.69, 9.17) is 0 Å². The quantitative estimate of drug-likeness (QED) is 0.854. The van der Waals surface area contributed by atoms with Crippen molar-refractivity contribution in [3.8, 4) is 0 Å². The van der Waals surface area contributed by atoms with Crippen molar-refractivity contribution in [3.63, 3.8) is 0 Å². The molecule has 2 aromatic rings. The molecule has 0 aromatic carbocycles. The standard InChI is InChI=1S/C12H10F3N3OS/c13-12(14,15)10-3-4-16-7-9(10)11(19)18-17-6-8-2-1-5-20-8/h1-5,7,17H,6H2,(H,18,19). The zero-order chi connectivity index (χ0) is 14.6. The summed E-state index contributed by atoms with van der Waals surface area (Å²) in [4.78, 5) is 16.2. The number of halogens is 3. The van der Waals surface area contributed by atoms with Crippen LogP contribution in [-0.4, -0.2) is 10.9 Å². The lowest BCUT2D eigenvalue weighted by Gasteiger charge is -2.12. The van der Waals surface area contributed by atoms with Crippen LogP contribution in [0.1, 0.15) is 20.8 Å². The summed E-state index contributed by atoms with van der Waals surface area (Å²) < 4.78 is 38.2. The number of pyridine rings is 1. The van der Waals surface area contributed by atoms with Crippen LogP contribution < -0.4 is 10.9 Å². The number of aromatic nitrogens is 1. The Hall–Kier alpha value is -1.93. The van der Waals surface area contributed by atoms with Crippen LogP contribution in [0.2, 0.25) is 0 Å². The summed E-state index contributed by atoms with van der Waals surface area (Å²) in [7, 11) is 0. The first kappa shape index (κ1) is 14.5. The third-order valence-electron chi connectivity index (χ3n) is 2.42. The summed E-state index contributed by atoms with van der Waals surface area (Å²) >= 11 is 1.47. The monoisotopic (exact) mass is 301 g/mol.